The number of aromatic amines is 1. The number of aromatic nitrogens is 3. The molecule has 8 heteroatoms. The molecule has 96 valence electrons. The normalized spacial score (nSPS) is 11.4. The highest BCUT2D eigenvalue weighted by molar-refractivity contribution is 7.92. The highest BCUT2D eigenvalue weighted by atomic mass is 32.2. The second kappa shape index (κ2) is 4.65. The number of hydrogen-bond donors (Lipinski definition) is 2. The molecule has 0 unspecified atom stereocenters. The van der Waals surface area contributed by atoms with E-state index in [4.69, 9.17) is 0 Å². The largest absolute Gasteiger partial charge is 0.328 e. The zero-order valence-corrected chi connectivity index (χ0v) is 10.4. The second-order valence-electron chi connectivity index (χ2n) is 3.58. The molecule has 0 bridgehead atoms. The predicted molar refractivity (Wildman–Crippen MR) is 65.8 cm³/mol. The van der Waals surface area contributed by atoms with Crippen molar-refractivity contribution in [1.29, 1.82) is 0 Å². The zero-order valence-electron chi connectivity index (χ0n) is 9.62. The maximum Gasteiger partial charge on any atom is 0.263 e. The molecule has 0 aliphatic rings. The molecule has 0 amide bonds. The van der Waals surface area contributed by atoms with Crippen molar-refractivity contribution < 1.29 is 8.42 Å². The molecule has 0 saturated carbocycles. The van der Waals surface area contributed by atoms with Crippen LogP contribution in [-0.4, -0.2) is 23.2 Å². The van der Waals surface area contributed by atoms with Crippen molar-refractivity contribution in [3.63, 3.8) is 0 Å². The van der Waals surface area contributed by atoms with Gasteiger partial charge in [-0.3, -0.25) is 14.2 Å². The lowest BCUT2D eigenvalue weighted by atomic mass is 10.5. The first-order valence-electron chi connectivity index (χ1n) is 5.25. The van der Waals surface area contributed by atoms with Gasteiger partial charge in [-0.2, -0.15) is 5.10 Å². The van der Waals surface area contributed by atoms with Crippen LogP contribution < -0.4 is 10.3 Å². The Morgan fingerprint density at radius 3 is 2.78 bits per heavy atom. The Bertz CT molecular complexity index is 681. The van der Waals surface area contributed by atoms with Gasteiger partial charge in [0.15, 0.2) is 0 Å². The van der Waals surface area contributed by atoms with E-state index >= 15 is 0 Å². The minimum absolute atomic E-state index is 0.00801. The van der Waals surface area contributed by atoms with E-state index in [1.54, 1.807) is 10.9 Å². The van der Waals surface area contributed by atoms with Crippen LogP contribution in [0.5, 0.6) is 0 Å². The molecule has 18 heavy (non-hydrogen) atoms. The van der Waals surface area contributed by atoms with Gasteiger partial charge in [0, 0.05) is 25.0 Å². The van der Waals surface area contributed by atoms with E-state index in [1.807, 2.05) is 6.92 Å². The van der Waals surface area contributed by atoms with Crippen LogP contribution in [0.1, 0.15) is 6.92 Å². The number of H-pyrrole nitrogens is 1. The van der Waals surface area contributed by atoms with Crippen LogP contribution in [0.15, 0.2) is 40.4 Å². The van der Waals surface area contributed by atoms with Crippen molar-refractivity contribution in [2.75, 3.05) is 4.72 Å². The molecule has 2 rings (SSSR count). The molecule has 0 radical (unpaired) electrons. The lowest BCUT2D eigenvalue weighted by Crippen LogP contribution is -2.14. The summed E-state index contributed by atoms with van der Waals surface area (Å²) in [5.74, 6) is 0. The van der Waals surface area contributed by atoms with Crippen molar-refractivity contribution in [2.24, 2.45) is 0 Å². The van der Waals surface area contributed by atoms with Gasteiger partial charge in [0.1, 0.15) is 4.90 Å². The molecule has 2 aromatic rings. The molecule has 0 atom stereocenters. The first-order valence-corrected chi connectivity index (χ1v) is 6.73. The molecule has 7 nitrogen and oxygen atoms in total. The third kappa shape index (κ3) is 2.59. The molecular formula is C10H12N4O3S. The molecule has 0 saturated heterocycles. The van der Waals surface area contributed by atoms with Crippen molar-refractivity contribution >= 4 is 15.7 Å². The second-order valence-corrected chi connectivity index (χ2v) is 5.26. The number of nitrogens with one attached hydrogen (secondary N) is 2. The topological polar surface area (TPSA) is 96.9 Å². The van der Waals surface area contributed by atoms with E-state index in [2.05, 4.69) is 14.8 Å². The molecule has 0 fully saturated rings. The van der Waals surface area contributed by atoms with Crippen LogP contribution in [0.25, 0.3) is 0 Å². The fourth-order valence-electron chi connectivity index (χ4n) is 1.37. The number of aryl methyl sites for hydroxylation is 1. The van der Waals surface area contributed by atoms with Gasteiger partial charge in [0.05, 0.1) is 11.9 Å². The fraction of sp³-hybridized carbons (Fsp3) is 0.200. The van der Waals surface area contributed by atoms with E-state index < -0.39 is 10.0 Å². The molecule has 2 N–H and O–H groups in total. The van der Waals surface area contributed by atoms with Crippen LogP contribution in [0.3, 0.4) is 0 Å². The van der Waals surface area contributed by atoms with E-state index in [-0.39, 0.29) is 10.5 Å². The van der Waals surface area contributed by atoms with E-state index in [0.717, 1.165) is 12.3 Å². The smallest absolute Gasteiger partial charge is 0.263 e. The van der Waals surface area contributed by atoms with Gasteiger partial charge < -0.3 is 4.98 Å². The Labute approximate surface area is 104 Å². The molecule has 0 spiro atoms. The third-order valence-electron chi connectivity index (χ3n) is 2.28. The SMILES string of the molecule is CCn1cc(NS(=O)(=O)c2ccc(=O)[nH]c2)cn1. The molecule has 0 aromatic carbocycles. The number of sulfonamides is 1. The Hall–Kier alpha value is -2.09. The summed E-state index contributed by atoms with van der Waals surface area (Å²) in [6.07, 6.45) is 4.16. The maximum absolute atomic E-state index is 11.9. The lowest BCUT2D eigenvalue weighted by molar-refractivity contribution is 0.600. The highest BCUT2D eigenvalue weighted by Crippen LogP contribution is 2.13. The van der Waals surface area contributed by atoms with Crippen LogP contribution >= 0.6 is 0 Å². The summed E-state index contributed by atoms with van der Waals surface area (Å²) in [4.78, 5) is 13.2. The van der Waals surface area contributed by atoms with Crippen LogP contribution in [-0.2, 0) is 16.6 Å². The average molecular weight is 268 g/mol. The van der Waals surface area contributed by atoms with Gasteiger partial charge in [-0.05, 0) is 13.0 Å². The zero-order chi connectivity index (χ0) is 13.2. The first-order chi connectivity index (χ1) is 8.51. The summed E-state index contributed by atoms with van der Waals surface area (Å²) in [5.41, 5.74) is 0.0239. The van der Waals surface area contributed by atoms with Crippen LogP contribution in [0.2, 0.25) is 0 Å². The van der Waals surface area contributed by atoms with Crippen molar-refractivity contribution in [2.45, 2.75) is 18.4 Å². The monoisotopic (exact) mass is 268 g/mol. The van der Waals surface area contributed by atoms with Crippen molar-refractivity contribution in [1.82, 2.24) is 14.8 Å². The van der Waals surface area contributed by atoms with Gasteiger partial charge in [-0.1, -0.05) is 0 Å². The molecular weight excluding hydrogens is 256 g/mol. The fourth-order valence-corrected chi connectivity index (χ4v) is 2.36. The van der Waals surface area contributed by atoms with Crippen LogP contribution in [0, 0.1) is 0 Å². The summed E-state index contributed by atoms with van der Waals surface area (Å²) < 4.78 is 27.9. The van der Waals surface area contributed by atoms with Gasteiger partial charge >= 0.3 is 0 Å². The minimum atomic E-state index is -3.70. The van der Waals surface area contributed by atoms with Gasteiger partial charge in [-0.15, -0.1) is 0 Å². The Morgan fingerprint density at radius 2 is 2.22 bits per heavy atom. The summed E-state index contributed by atoms with van der Waals surface area (Å²) >= 11 is 0. The average Bonchev–Trinajstić information content (AvgIpc) is 2.76. The number of nitrogens with zero attached hydrogens (tertiary/aromatic N) is 2. The Balaban J connectivity index is 2.26. The molecule has 0 aliphatic carbocycles. The Kier molecular flexibility index (Phi) is 3.19. The first kappa shape index (κ1) is 12.4. The number of pyridine rings is 1. The maximum atomic E-state index is 11.9. The van der Waals surface area contributed by atoms with E-state index in [1.165, 1.54) is 12.3 Å². The van der Waals surface area contributed by atoms with E-state index in [0.29, 0.717) is 12.2 Å². The third-order valence-corrected chi connectivity index (χ3v) is 3.65. The standard InChI is InChI=1S/C10H12N4O3S/c1-2-14-7-8(5-12-14)13-18(16,17)9-3-4-10(15)11-6-9/h3-7,13H,2H2,1H3,(H,11,15). The molecule has 2 heterocycles. The quantitative estimate of drug-likeness (QED) is 0.838. The van der Waals surface area contributed by atoms with E-state index in [9.17, 15) is 13.2 Å². The van der Waals surface area contributed by atoms with Crippen LogP contribution in [0.4, 0.5) is 5.69 Å². The molecule has 2 aromatic heterocycles. The van der Waals surface area contributed by atoms with Gasteiger partial charge in [0.2, 0.25) is 5.56 Å². The van der Waals surface area contributed by atoms with Crippen molar-refractivity contribution in [3.8, 4) is 0 Å². The lowest BCUT2D eigenvalue weighted by Gasteiger charge is -2.04. The van der Waals surface area contributed by atoms with Gasteiger partial charge in [0.25, 0.3) is 10.0 Å². The predicted octanol–water partition coefficient (Wildman–Crippen LogP) is 0.392. The number of anilines is 1. The summed E-state index contributed by atoms with van der Waals surface area (Å²) in [7, 11) is -3.70. The summed E-state index contributed by atoms with van der Waals surface area (Å²) in [6.45, 7) is 2.55. The summed E-state index contributed by atoms with van der Waals surface area (Å²) in [6, 6.07) is 2.40. The Morgan fingerprint density at radius 1 is 1.44 bits per heavy atom. The number of hydrogen-bond acceptors (Lipinski definition) is 4. The molecule has 0 aliphatic heterocycles. The van der Waals surface area contributed by atoms with Crippen molar-refractivity contribution in [3.05, 3.63) is 41.1 Å². The highest BCUT2D eigenvalue weighted by Gasteiger charge is 2.14. The summed E-state index contributed by atoms with van der Waals surface area (Å²) in [5, 5.41) is 3.96. The van der Waals surface area contributed by atoms with Gasteiger partial charge in [-0.25, -0.2) is 8.42 Å². The number of rotatable bonds is 4. The minimum Gasteiger partial charge on any atom is -0.328 e.